The number of carbonyl (C=O) groups is 3. The molecule has 0 radical (unpaired) electrons. The third-order valence-electron chi connectivity index (χ3n) is 5.77. The number of benzene rings is 1. The van der Waals surface area contributed by atoms with Crippen molar-refractivity contribution in [3.05, 3.63) is 52.8 Å². The highest BCUT2D eigenvalue weighted by atomic mass is 16.2. The van der Waals surface area contributed by atoms with Crippen molar-refractivity contribution in [1.82, 2.24) is 25.3 Å². The van der Waals surface area contributed by atoms with E-state index in [0.717, 1.165) is 17.5 Å². The summed E-state index contributed by atoms with van der Waals surface area (Å²) in [4.78, 5) is 39.8. The minimum atomic E-state index is -1.08. The van der Waals surface area contributed by atoms with Crippen molar-refractivity contribution in [1.29, 1.82) is 0 Å². The zero-order valence-corrected chi connectivity index (χ0v) is 18.9. The van der Waals surface area contributed by atoms with E-state index in [-0.39, 0.29) is 30.0 Å². The summed E-state index contributed by atoms with van der Waals surface area (Å²) in [6.07, 6.45) is 0.859. The van der Waals surface area contributed by atoms with Crippen LogP contribution in [0.4, 0.5) is 0 Å². The number of fused-ring (bicyclic) bond motifs is 1. The summed E-state index contributed by atoms with van der Waals surface area (Å²) in [7, 11) is 1.61. The van der Waals surface area contributed by atoms with Gasteiger partial charge in [0.15, 0.2) is 5.69 Å². The molecule has 1 aromatic heterocycles. The van der Waals surface area contributed by atoms with E-state index in [4.69, 9.17) is 0 Å². The Labute approximate surface area is 183 Å². The molecule has 2 heterocycles. The summed E-state index contributed by atoms with van der Waals surface area (Å²) < 4.78 is 1.46. The molecule has 0 spiro atoms. The van der Waals surface area contributed by atoms with Crippen molar-refractivity contribution in [2.75, 3.05) is 13.6 Å². The average Bonchev–Trinajstić information content (AvgIpc) is 3.14. The topological polar surface area (TPSA) is 96.3 Å². The van der Waals surface area contributed by atoms with Crippen LogP contribution in [-0.4, -0.2) is 51.5 Å². The number of nitrogens with zero attached hydrogens (tertiary/aromatic N) is 3. The zero-order valence-electron chi connectivity index (χ0n) is 18.9. The lowest BCUT2D eigenvalue weighted by molar-refractivity contribution is -0.132. The lowest BCUT2D eigenvalue weighted by Crippen LogP contribution is -2.62. The predicted molar refractivity (Wildman–Crippen MR) is 118 cm³/mol. The second-order valence-corrected chi connectivity index (χ2v) is 8.82. The molecule has 2 aromatic rings. The molecule has 0 aliphatic carbocycles. The van der Waals surface area contributed by atoms with Crippen LogP contribution >= 0.6 is 0 Å². The number of aromatic nitrogens is 2. The Kier molecular flexibility index (Phi) is 6.48. The van der Waals surface area contributed by atoms with E-state index in [1.54, 1.807) is 14.0 Å². The van der Waals surface area contributed by atoms with E-state index in [0.29, 0.717) is 24.7 Å². The first kappa shape index (κ1) is 22.5. The quantitative estimate of drug-likeness (QED) is 0.710. The van der Waals surface area contributed by atoms with E-state index in [9.17, 15) is 14.4 Å². The first-order valence-corrected chi connectivity index (χ1v) is 10.6. The number of carbonyl (C=O) groups excluding carboxylic acids is 3. The molecule has 8 heteroatoms. The summed E-state index contributed by atoms with van der Waals surface area (Å²) >= 11 is 0. The summed E-state index contributed by atoms with van der Waals surface area (Å²) in [6.45, 7) is 8.99. The number of rotatable bonds is 7. The van der Waals surface area contributed by atoms with Gasteiger partial charge in [-0.15, -0.1) is 0 Å². The first-order chi connectivity index (χ1) is 14.6. The van der Waals surface area contributed by atoms with Crippen LogP contribution < -0.4 is 10.6 Å². The van der Waals surface area contributed by atoms with Crippen LogP contribution in [0.5, 0.6) is 0 Å². The molecule has 0 saturated carbocycles. The number of aryl methyl sites for hydroxylation is 1. The van der Waals surface area contributed by atoms with Crippen molar-refractivity contribution in [2.24, 2.45) is 5.92 Å². The fraction of sp³-hybridized carbons (Fsp3) is 0.478. The smallest absolute Gasteiger partial charge is 0.272 e. The number of nitrogens with one attached hydrogen (secondary N) is 2. The molecule has 8 nitrogen and oxygen atoms in total. The van der Waals surface area contributed by atoms with Crippen molar-refractivity contribution in [3.63, 3.8) is 0 Å². The van der Waals surface area contributed by atoms with Gasteiger partial charge in [0.2, 0.25) is 5.91 Å². The van der Waals surface area contributed by atoms with Crippen LogP contribution in [0, 0.1) is 12.8 Å². The maximum Gasteiger partial charge on any atom is 0.272 e. The minimum absolute atomic E-state index is 0.161. The third-order valence-corrected chi connectivity index (χ3v) is 5.77. The summed E-state index contributed by atoms with van der Waals surface area (Å²) in [5.41, 5.74) is 1.48. The maximum atomic E-state index is 12.9. The first-order valence-electron chi connectivity index (χ1n) is 10.6. The maximum absolute atomic E-state index is 12.9. The molecule has 3 rings (SSSR count). The fourth-order valence-electron chi connectivity index (χ4n) is 3.60. The molecule has 31 heavy (non-hydrogen) atoms. The van der Waals surface area contributed by atoms with Crippen LogP contribution in [0.2, 0.25) is 0 Å². The molecule has 166 valence electrons. The van der Waals surface area contributed by atoms with E-state index in [1.807, 2.05) is 31.2 Å². The second-order valence-electron chi connectivity index (χ2n) is 8.82. The Morgan fingerprint density at radius 2 is 1.97 bits per heavy atom. The van der Waals surface area contributed by atoms with Gasteiger partial charge in [-0.3, -0.25) is 19.1 Å². The Morgan fingerprint density at radius 1 is 1.23 bits per heavy atom. The number of hydrogen-bond donors (Lipinski definition) is 2. The zero-order chi connectivity index (χ0) is 22.8. The number of amides is 3. The highest BCUT2D eigenvalue weighted by Crippen LogP contribution is 2.26. The molecular weight excluding hydrogens is 394 g/mol. The normalized spacial score (nSPS) is 18.1. The van der Waals surface area contributed by atoms with Gasteiger partial charge in [0.1, 0.15) is 11.2 Å². The van der Waals surface area contributed by atoms with Crippen molar-refractivity contribution in [3.8, 4) is 0 Å². The third kappa shape index (κ3) is 4.78. The lowest BCUT2D eigenvalue weighted by Gasteiger charge is -2.40. The van der Waals surface area contributed by atoms with Crippen LogP contribution in [-0.2, 0) is 17.9 Å². The summed E-state index contributed by atoms with van der Waals surface area (Å²) in [5.74, 6) is -0.451. The van der Waals surface area contributed by atoms with E-state index >= 15 is 0 Å². The van der Waals surface area contributed by atoms with Gasteiger partial charge in [-0.25, -0.2) is 0 Å². The molecular formula is C23H31N5O3. The molecule has 2 N–H and O–H groups in total. The van der Waals surface area contributed by atoms with Crippen LogP contribution in [0.1, 0.15) is 59.3 Å². The van der Waals surface area contributed by atoms with Crippen molar-refractivity contribution >= 4 is 17.7 Å². The minimum Gasteiger partial charge on any atom is -0.354 e. The Bertz CT molecular complexity index is 997. The molecule has 1 atom stereocenters. The highest BCUT2D eigenvalue weighted by molar-refractivity contribution is 6.01. The highest BCUT2D eigenvalue weighted by Gasteiger charge is 2.46. The van der Waals surface area contributed by atoms with Crippen LogP contribution in [0.15, 0.2) is 30.3 Å². The van der Waals surface area contributed by atoms with Gasteiger partial charge < -0.3 is 15.5 Å². The largest absolute Gasteiger partial charge is 0.354 e. The summed E-state index contributed by atoms with van der Waals surface area (Å²) in [5, 5.41) is 10.1. The fourth-order valence-corrected chi connectivity index (χ4v) is 3.60. The number of hydrogen-bond acceptors (Lipinski definition) is 4. The number of likely N-dealkylation sites (N-methyl/N-ethyl adjacent to an activating group) is 1. The van der Waals surface area contributed by atoms with Gasteiger partial charge in [0.25, 0.3) is 11.8 Å². The monoisotopic (exact) mass is 425 g/mol. The van der Waals surface area contributed by atoms with Gasteiger partial charge in [-0.05, 0) is 31.7 Å². The molecule has 0 fully saturated rings. The van der Waals surface area contributed by atoms with E-state index in [1.165, 1.54) is 15.6 Å². The molecule has 0 unspecified atom stereocenters. The molecule has 3 amide bonds. The molecule has 0 bridgehead atoms. The second kappa shape index (κ2) is 8.91. The lowest BCUT2D eigenvalue weighted by atomic mass is 9.95. The van der Waals surface area contributed by atoms with Gasteiger partial charge in [-0.1, -0.05) is 43.7 Å². The Morgan fingerprint density at radius 3 is 2.65 bits per heavy atom. The molecule has 0 saturated heterocycles. The standard InChI is InChI=1S/C23H31N5O3/c1-15(2)9-10-24-22(31)23(4)14-28-19(21(30)27(23)5)12-18(26-28)20(29)25-13-17-8-6-7-16(3)11-17/h6-8,11-12,15H,9-10,13-14H2,1-5H3,(H,24,31)(H,25,29)/t23-/m1/s1. The molecule has 1 aromatic carbocycles. The molecule has 1 aliphatic heterocycles. The predicted octanol–water partition coefficient (Wildman–Crippen LogP) is 2.13. The Hall–Kier alpha value is -3.16. The Balaban J connectivity index is 1.73. The molecule has 1 aliphatic rings. The van der Waals surface area contributed by atoms with Gasteiger partial charge in [-0.2, -0.15) is 5.10 Å². The van der Waals surface area contributed by atoms with Gasteiger partial charge >= 0.3 is 0 Å². The van der Waals surface area contributed by atoms with Crippen molar-refractivity contribution < 1.29 is 14.4 Å². The van der Waals surface area contributed by atoms with Crippen LogP contribution in [0.25, 0.3) is 0 Å². The van der Waals surface area contributed by atoms with Gasteiger partial charge in [0.05, 0.1) is 6.54 Å². The average molecular weight is 426 g/mol. The van der Waals surface area contributed by atoms with Gasteiger partial charge in [0, 0.05) is 26.2 Å². The van der Waals surface area contributed by atoms with E-state index in [2.05, 4.69) is 29.6 Å². The van der Waals surface area contributed by atoms with E-state index < -0.39 is 5.54 Å². The van der Waals surface area contributed by atoms with Crippen LogP contribution in [0.3, 0.4) is 0 Å². The summed E-state index contributed by atoms with van der Waals surface area (Å²) in [6, 6.07) is 9.36. The SMILES string of the molecule is Cc1cccc(CNC(=O)c2cc3n(n2)C[C@](C)(C(=O)NCCC(C)C)N(C)C3=O)c1. The van der Waals surface area contributed by atoms with Crippen molar-refractivity contribution in [2.45, 2.75) is 52.7 Å².